The Balaban J connectivity index is 1.73. The topological polar surface area (TPSA) is 58.6 Å². The number of thiophene rings is 1. The summed E-state index contributed by atoms with van der Waals surface area (Å²) in [6, 6.07) is 16.8. The molecule has 0 saturated carbocycles. The third kappa shape index (κ3) is 2.93. The van der Waals surface area contributed by atoms with Crippen molar-refractivity contribution in [2.75, 3.05) is 26.0 Å². The quantitative estimate of drug-likeness (QED) is 0.578. The molecule has 1 spiro atoms. The number of likely N-dealkylation sites (tertiary alicyclic amines) is 1. The Hall–Kier alpha value is -2.67. The van der Waals surface area contributed by atoms with Gasteiger partial charge in [0, 0.05) is 28.7 Å². The molecule has 1 amide bonds. The van der Waals surface area contributed by atoms with E-state index >= 15 is 0 Å². The van der Waals surface area contributed by atoms with Crippen molar-refractivity contribution in [1.82, 2.24) is 4.90 Å². The number of Topliss-reactive ketones (excluding diaryl/α,β-unsaturated/α-hetero) is 1. The van der Waals surface area contributed by atoms with Crippen molar-refractivity contribution in [2.45, 2.75) is 11.5 Å². The van der Waals surface area contributed by atoms with Gasteiger partial charge in [0.2, 0.25) is 5.91 Å². The zero-order chi connectivity index (χ0) is 21.8. The third-order valence-corrected chi connectivity index (χ3v) is 7.64. The first-order chi connectivity index (χ1) is 15.0. The second-order valence-corrected chi connectivity index (χ2v) is 9.37. The smallest absolute Gasteiger partial charge is 0.250 e. The number of anilines is 1. The van der Waals surface area contributed by atoms with Gasteiger partial charge >= 0.3 is 0 Å². The molecule has 1 saturated heterocycles. The van der Waals surface area contributed by atoms with Crippen LogP contribution in [0.2, 0.25) is 5.02 Å². The van der Waals surface area contributed by atoms with Crippen LogP contribution in [0.5, 0.6) is 5.75 Å². The molecule has 1 fully saturated rings. The lowest BCUT2D eigenvalue weighted by atomic mass is 9.71. The van der Waals surface area contributed by atoms with Gasteiger partial charge in [0.15, 0.2) is 5.78 Å². The predicted octanol–water partition coefficient (Wildman–Crippen LogP) is 4.79. The average molecular weight is 453 g/mol. The van der Waals surface area contributed by atoms with E-state index in [0.717, 1.165) is 16.8 Å². The SMILES string of the molecule is COc1ccc2c(c1)[C@]1(C(=O)N2)[C@H](C(=O)c2cccs2)[C@@H](c2ccc(Cl)cc2)CN1C. The van der Waals surface area contributed by atoms with Crippen molar-refractivity contribution in [3.63, 3.8) is 0 Å². The van der Waals surface area contributed by atoms with E-state index in [0.29, 0.717) is 22.2 Å². The van der Waals surface area contributed by atoms with Crippen molar-refractivity contribution >= 4 is 40.3 Å². The van der Waals surface area contributed by atoms with Crippen LogP contribution in [0, 0.1) is 5.92 Å². The molecule has 2 aliphatic heterocycles. The van der Waals surface area contributed by atoms with Gasteiger partial charge in [0.25, 0.3) is 0 Å². The molecule has 3 aromatic rings. The molecule has 1 N–H and O–H groups in total. The van der Waals surface area contributed by atoms with Gasteiger partial charge in [-0.1, -0.05) is 29.8 Å². The normalized spacial score (nSPS) is 24.9. The fourth-order valence-electron chi connectivity index (χ4n) is 5.13. The summed E-state index contributed by atoms with van der Waals surface area (Å²) < 4.78 is 5.45. The van der Waals surface area contributed by atoms with E-state index in [1.165, 1.54) is 11.3 Å². The van der Waals surface area contributed by atoms with E-state index in [2.05, 4.69) is 5.32 Å². The fraction of sp³-hybridized carbons (Fsp3) is 0.250. The summed E-state index contributed by atoms with van der Waals surface area (Å²) in [6.45, 7) is 0.563. The van der Waals surface area contributed by atoms with Crippen LogP contribution in [0.15, 0.2) is 60.0 Å². The van der Waals surface area contributed by atoms with E-state index in [1.54, 1.807) is 7.11 Å². The van der Waals surface area contributed by atoms with Crippen LogP contribution in [0.1, 0.15) is 26.7 Å². The number of carbonyl (C=O) groups is 2. The molecule has 5 nitrogen and oxygen atoms in total. The number of amides is 1. The number of rotatable bonds is 4. The van der Waals surface area contributed by atoms with Gasteiger partial charge in [-0.15, -0.1) is 11.3 Å². The lowest BCUT2D eigenvalue weighted by Crippen LogP contribution is -2.51. The van der Waals surface area contributed by atoms with Crippen molar-refractivity contribution in [3.8, 4) is 5.75 Å². The van der Waals surface area contributed by atoms with Gasteiger partial charge in [-0.3, -0.25) is 14.5 Å². The predicted molar refractivity (Wildman–Crippen MR) is 122 cm³/mol. The Kier molecular flexibility index (Phi) is 4.88. The summed E-state index contributed by atoms with van der Waals surface area (Å²) in [5, 5.41) is 5.55. The second kappa shape index (κ2) is 7.48. The number of methoxy groups -OCH3 is 1. The van der Waals surface area contributed by atoms with Crippen LogP contribution in [0.4, 0.5) is 5.69 Å². The number of halogens is 1. The van der Waals surface area contributed by atoms with Crippen LogP contribution in [0.3, 0.4) is 0 Å². The maximum atomic E-state index is 13.9. The van der Waals surface area contributed by atoms with Crippen LogP contribution in [-0.4, -0.2) is 37.3 Å². The Morgan fingerprint density at radius 3 is 2.68 bits per heavy atom. The zero-order valence-electron chi connectivity index (χ0n) is 17.1. The molecular formula is C24H21ClN2O3S. The molecule has 0 radical (unpaired) electrons. The number of ketones is 1. The molecule has 2 aromatic carbocycles. The van der Waals surface area contributed by atoms with E-state index in [1.807, 2.05) is 71.9 Å². The highest BCUT2D eigenvalue weighted by Crippen LogP contribution is 2.56. The molecule has 0 aliphatic carbocycles. The van der Waals surface area contributed by atoms with Crippen LogP contribution < -0.4 is 10.1 Å². The summed E-state index contributed by atoms with van der Waals surface area (Å²) in [5.41, 5.74) is 1.38. The Bertz CT molecular complexity index is 1160. The number of likely N-dealkylation sites (N-methyl/N-ethyl adjacent to an activating group) is 1. The van der Waals surface area contributed by atoms with E-state index in [-0.39, 0.29) is 17.6 Å². The van der Waals surface area contributed by atoms with Crippen LogP contribution >= 0.6 is 22.9 Å². The molecule has 1 aromatic heterocycles. The molecule has 3 heterocycles. The van der Waals surface area contributed by atoms with Gasteiger partial charge in [-0.25, -0.2) is 0 Å². The van der Waals surface area contributed by atoms with Crippen molar-refractivity contribution in [2.24, 2.45) is 5.92 Å². The number of nitrogens with zero attached hydrogens (tertiary/aromatic N) is 1. The van der Waals surface area contributed by atoms with Gasteiger partial charge < -0.3 is 10.1 Å². The van der Waals surface area contributed by atoms with E-state index < -0.39 is 11.5 Å². The maximum absolute atomic E-state index is 13.9. The molecule has 7 heteroatoms. The van der Waals surface area contributed by atoms with Crippen molar-refractivity contribution in [3.05, 3.63) is 81.0 Å². The third-order valence-electron chi connectivity index (χ3n) is 6.50. The van der Waals surface area contributed by atoms with E-state index in [9.17, 15) is 9.59 Å². The standard InChI is InChI=1S/C24H21ClN2O3S/c1-27-13-17(14-5-7-15(25)8-6-14)21(22(28)20-4-3-11-31-20)24(27)18-12-16(30-2)9-10-19(18)26-23(24)29/h3-12,17,21H,13H2,1-2H3,(H,26,29)/t17-,21+,24-/m1/s1. The number of carbonyl (C=O) groups excluding carboxylic acids is 2. The summed E-state index contributed by atoms with van der Waals surface area (Å²) in [7, 11) is 3.51. The van der Waals surface area contributed by atoms with Crippen molar-refractivity contribution < 1.29 is 14.3 Å². The van der Waals surface area contributed by atoms with Crippen molar-refractivity contribution in [1.29, 1.82) is 0 Å². The molecule has 31 heavy (non-hydrogen) atoms. The van der Waals surface area contributed by atoms with Crippen LogP contribution in [-0.2, 0) is 10.3 Å². The monoisotopic (exact) mass is 452 g/mol. The number of fused-ring (bicyclic) bond motifs is 2. The Morgan fingerprint density at radius 1 is 1.23 bits per heavy atom. The lowest BCUT2D eigenvalue weighted by Gasteiger charge is -2.35. The Labute approximate surface area is 189 Å². The highest BCUT2D eigenvalue weighted by molar-refractivity contribution is 7.12. The maximum Gasteiger partial charge on any atom is 0.250 e. The minimum Gasteiger partial charge on any atom is -0.497 e. The fourth-order valence-corrected chi connectivity index (χ4v) is 5.96. The number of ether oxygens (including phenoxy) is 1. The molecule has 5 rings (SSSR count). The summed E-state index contributed by atoms with van der Waals surface area (Å²) in [5.74, 6) is -0.305. The first-order valence-corrected chi connectivity index (χ1v) is 11.3. The first-order valence-electron chi connectivity index (χ1n) is 10.0. The molecule has 0 bridgehead atoms. The van der Waals surface area contributed by atoms with Gasteiger partial charge in [-0.2, -0.15) is 0 Å². The number of nitrogens with one attached hydrogen (secondary N) is 1. The Morgan fingerprint density at radius 2 is 2.00 bits per heavy atom. The number of hydrogen-bond acceptors (Lipinski definition) is 5. The number of hydrogen-bond donors (Lipinski definition) is 1. The van der Waals surface area contributed by atoms with Crippen LogP contribution in [0.25, 0.3) is 0 Å². The largest absolute Gasteiger partial charge is 0.497 e. The molecule has 0 unspecified atom stereocenters. The minimum absolute atomic E-state index is 0.0230. The highest BCUT2D eigenvalue weighted by atomic mass is 35.5. The first kappa shape index (κ1) is 20.2. The molecular weight excluding hydrogens is 432 g/mol. The summed E-state index contributed by atoms with van der Waals surface area (Å²) >= 11 is 7.52. The molecule has 2 aliphatic rings. The summed E-state index contributed by atoms with van der Waals surface area (Å²) in [4.78, 5) is 30.2. The minimum atomic E-state index is -1.12. The zero-order valence-corrected chi connectivity index (χ0v) is 18.7. The second-order valence-electron chi connectivity index (χ2n) is 7.99. The van der Waals surface area contributed by atoms with E-state index in [4.69, 9.17) is 16.3 Å². The summed E-state index contributed by atoms with van der Waals surface area (Å²) in [6.07, 6.45) is 0. The average Bonchev–Trinajstić information content (AvgIpc) is 3.47. The van der Waals surface area contributed by atoms with Gasteiger partial charge in [0.1, 0.15) is 11.3 Å². The lowest BCUT2D eigenvalue weighted by molar-refractivity contribution is -0.126. The van der Waals surface area contributed by atoms with Gasteiger partial charge in [0.05, 0.1) is 17.9 Å². The van der Waals surface area contributed by atoms with Gasteiger partial charge in [-0.05, 0) is 54.4 Å². The molecule has 158 valence electrons. The number of benzene rings is 2. The molecule has 3 atom stereocenters. The highest BCUT2D eigenvalue weighted by Gasteiger charge is 2.64.